The van der Waals surface area contributed by atoms with Crippen molar-refractivity contribution in [3.8, 4) is 0 Å². The second-order valence-electron chi connectivity index (χ2n) is 7.65. The van der Waals surface area contributed by atoms with Gasteiger partial charge in [-0.3, -0.25) is 9.59 Å². The molecule has 0 saturated carbocycles. The van der Waals surface area contributed by atoms with E-state index < -0.39 is 0 Å². The van der Waals surface area contributed by atoms with Crippen molar-refractivity contribution in [2.24, 2.45) is 5.92 Å². The monoisotopic (exact) mass is 404 g/mol. The summed E-state index contributed by atoms with van der Waals surface area (Å²) in [5.41, 5.74) is 2.19. The van der Waals surface area contributed by atoms with E-state index in [2.05, 4.69) is 29.5 Å². The van der Waals surface area contributed by atoms with E-state index in [1.54, 1.807) is 18.3 Å². The number of rotatable bonds is 7. The Morgan fingerprint density at radius 1 is 1.00 bits per heavy atom. The molecule has 2 aromatic carbocycles. The van der Waals surface area contributed by atoms with Crippen molar-refractivity contribution < 1.29 is 9.59 Å². The highest BCUT2D eigenvalue weighted by atomic mass is 16.2. The molecule has 0 aliphatic carbocycles. The Morgan fingerprint density at radius 2 is 1.73 bits per heavy atom. The number of carbonyl (C=O) groups is 2. The first-order valence-corrected chi connectivity index (χ1v) is 10.2. The Kier molecular flexibility index (Phi) is 6.67. The summed E-state index contributed by atoms with van der Waals surface area (Å²) in [5, 5.41) is 7.62. The number of hydrogen-bond donors (Lipinski definition) is 2. The van der Waals surface area contributed by atoms with Gasteiger partial charge in [0.2, 0.25) is 0 Å². The van der Waals surface area contributed by atoms with Gasteiger partial charge in [0, 0.05) is 43.5 Å². The summed E-state index contributed by atoms with van der Waals surface area (Å²) in [6.45, 7) is 4.72. The quantitative estimate of drug-likeness (QED) is 0.615. The van der Waals surface area contributed by atoms with Gasteiger partial charge in [-0.2, -0.15) is 0 Å². The molecule has 1 unspecified atom stereocenters. The highest BCUT2D eigenvalue weighted by Gasteiger charge is 2.18. The molecule has 0 bridgehead atoms. The van der Waals surface area contributed by atoms with E-state index in [0.29, 0.717) is 23.7 Å². The van der Waals surface area contributed by atoms with Crippen LogP contribution in [-0.4, -0.2) is 37.4 Å². The summed E-state index contributed by atoms with van der Waals surface area (Å²) < 4.78 is 0. The van der Waals surface area contributed by atoms with Crippen LogP contribution in [0.25, 0.3) is 10.8 Å². The predicted molar refractivity (Wildman–Crippen MR) is 122 cm³/mol. The van der Waals surface area contributed by atoms with Crippen molar-refractivity contribution in [2.45, 2.75) is 20.3 Å². The maximum atomic E-state index is 13.1. The molecule has 1 aromatic heterocycles. The lowest BCUT2D eigenvalue weighted by Crippen LogP contribution is -2.30. The number of aromatic nitrogens is 1. The zero-order valence-electron chi connectivity index (χ0n) is 17.9. The van der Waals surface area contributed by atoms with Gasteiger partial charge in [0.25, 0.3) is 11.8 Å². The Balaban J connectivity index is 1.89. The van der Waals surface area contributed by atoms with E-state index in [1.807, 2.05) is 55.4 Å². The average Bonchev–Trinajstić information content (AvgIpc) is 2.76. The molecular weight excluding hydrogens is 376 g/mol. The first kappa shape index (κ1) is 21.3. The fourth-order valence-electron chi connectivity index (χ4n) is 3.24. The predicted octanol–water partition coefficient (Wildman–Crippen LogP) is 4.33. The van der Waals surface area contributed by atoms with E-state index in [-0.39, 0.29) is 17.5 Å². The van der Waals surface area contributed by atoms with Crippen LogP contribution in [0, 0.1) is 5.92 Å². The van der Waals surface area contributed by atoms with Crippen LogP contribution in [0.3, 0.4) is 0 Å². The number of benzene rings is 2. The van der Waals surface area contributed by atoms with Crippen LogP contribution < -0.4 is 15.5 Å². The van der Waals surface area contributed by atoms with Crippen molar-refractivity contribution >= 4 is 34.0 Å². The van der Waals surface area contributed by atoms with Crippen LogP contribution in [0.2, 0.25) is 0 Å². The van der Waals surface area contributed by atoms with Crippen molar-refractivity contribution in [3.63, 3.8) is 0 Å². The van der Waals surface area contributed by atoms with Gasteiger partial charge in [0.1, 0.15) is 0 Å². The lowest BCUT2D eigenvalue weighted by Gasteiger charge is -2.18. The number of anilines is 2. The third-order valence-corrected chi connectivity index (χ3v) is 5.21. The van der Waals surface area contributed by atoms with E-state index in [4.69, 9.17) is 0 Å². The number of hydrogen-bond acceptors (Lipinski definition) is 4. The van der Waals surface area contributed by atoms with Gasteiger partial charge in [-0.1, -0.05) is 44.5 Å². The highest BCUT2D eigenvalue weighted by Crippen LogP contribution is 2.29. The summed E-state index contributed by atoms with van der Waals surface area (Å²) in [6.07, 6.45) is 2.53. The third kappa shape index (κ3) is 4.59. The molecule has 0 aliphatic heterocycles. The number of fused-ring (bicyclic) bond motifs is 1. The molecule has 2 amide bonds. The maximum absolute atomic E-state index is 13.1. The molecule has 0 radical (unpaired) electrons. The lowest BCUT2D eigenvalue weighted by molar-refractivity contribution is 0.0944. The maximum Gasteiger partial charge on any atom is 0.272 e. The van der Waals surface area contributed by atoms with Crippen LogP contribution in [0.4, 0.5) is 11.4 Å². The van der Waals surface area contributed by atoms with Crippen LogP contribution in [-0.2, 0) is 0 Å². The molecule has 1 heterocycles. The van der Waals surface area contributed by atoms with Crippen LogP contribution >= 0.6 is 0 Å². The van der Waals surface area contributed by atoms with Gasteiger partial charge < -0.3 is 15.5 Å². The fraction of sp³-hybridized carbons (Fsp3) is 0.292. The average molecular weight is 405 g/mol. The van der Waals surface area contributed by atoms with Crippen LogP contribution in [0.5, 0.6) is 0 Å². The lowest BCUT2D eigenvalue weighted by atomic mass is 10.0. The van der Waals surface area contributed by atoms with Gasteiger partial charge in [0.05, 0.1) is 5.69 Å². The molecule has 1 atom stereocenters. The van der Waals surface area contributed by atoms with Crippen molar-refractivity contribution in [2.75, 3.05) is 30.9 Å². The number of nitrogens with zero attached hydrogens (tertiary/aromatic N) is 2. The summed E-state index contributed by atoms with van der Waals surface area (Å²) >= 11 is 0. The zero-order chi connectivity index (χ0) is 21.7. The van der Waals surface area contributed by atoms with E-state index in [9.17, 15) is 9.59 Å². The summed E-state index contributed by atoms with van der Waals surface area (Å²) in [7, 11) is 3.95. The van der Waals surface area contributed by atoms with E-state index >= 15 is 0 Å². The first-order valence-electron chi connectivity index (χ1n) is 10.2. The molecule has 156 valence electrons. The Hall–Kier alpha value is -3.41. The minimum absolute atomic E-state index is 0.211. The molecule has 0 saturated heterocycles. The molecular formula is C24H28N4O2. The second-order valence-corrected chi connectivity index (χ2v) is 7.65. The summed E-state index contributed by atoms with van der Waals surface area (Å²) in [4.78, 5) is 31.9. The largest absolute Gasteiger partial charge is 0.377 e. The van der Waals surface area contributed by atoms with Crippen molar-refractivity contribution in [1.82, 2.24) is 10.3 Å². The fourth-order valence-corrected chi connectivity index (χ4v) is 3.24. The highest BCUT2D eigenvalue weighted by molar-refractivity contribution is 6.16. The van der Waals surface area contributed by atoms with Gasteiger partial charge >= 0.3 is 0 Å². The Morgan fingerprint density at radius 3 is 2.43 bits per heavy atom. The van der Waals surface area contributed by atoms with E-state index in [1.165, 1.54) is 0 Å². The van der Waals surface area contributed by atoms with E-state index in [0.717, 1.165) is 22.9 Å². The van der Waals surface area contributed by atoms with Gasteiger partial charge in [-0.15, -0.1) is 0 Å². The molecule has 30 heavy (non-hydrogen) atoms. The molecule has 3 aromatic rings. The number of pyridine rings is 1. The zero-order valence-corrected chi connectivity index (χ0v) is 17.9. The molecule has 6 heteroatoms. The SMILES string of the molecule is CCC(C)CNC(=O)c1ncccc1NC(=O)c1ccc(N(C)C)c2ccccc12. The van der Waals surface area contributed by atoms with Crippen LogP contribution in [0.15, 0.2) is 54.7 Å². The minimum atomic E-state index is -0.293. The second kappa shape index (κ2) is 9.39. The summed E-state index contributed by atoms with van der Waals surface area (Å²) in [5.74, 6) is -0.197. The van der Waals surface area contributed by atoms with Gasteiger partial charge in [-0.25, -0.2) is 4.98 Å². The van der Waals surface area contributed by atoms with Gasteiger partial charge in [0.15, 0.2) is 5.69 Å². The molecule has 2 N–H and O–H groups in total. The number of amides is 2. The molecule has 0 fully saturated rings. The summed E-state index contributed by atoms with van der Waals surface area (Å²) in [6, 6.07) is 14.9. The first-order chi connectivity index (χ1) is 14.4. The number of nitrogens with one attached hydrogen (secondary N) is 2. The number of carbonyl (C=O) groups excluding carboxylic acids is 2. The topological polar surface area (TPSA) is 74.3 Å². The molecule has 6 nitrogen and oxygen atoms in total. The standard InChI is InChI=1S/C24H28N4O2/c1-5-16(2)15-26-24(30)22-20(11-8-14-25-22)27-23(29)19-12-13-21(28(3)4)18-10-7-6-9-17(18)19/h6-14,16H,5,15H2,1-4H3,(H,26,30)(H,27,29). The van der Waals surface area contributed by atoms with Crippen molar-refractivity contribution in [1.29, 1.82) is 0 Å². The smallest absolute Gasteiger partial charge is 0.272 e. The Labute approximate surface area is 177 Å². The normalized spacial score (nSPS) is 11.7. The Bertz CT molecular complexity index is 1060. The van der Waals surface area contributed by atoms with Gasteiger partial charge in [-0.05, 0) is 35.6 Å². The molecule has 3 rings (SSSR count). The molecule has 0 aliphatic rings. The third-order valence-electron chi connectivity index (χ3n) is 5.21. The van der Waals surface area contributed by atoms with Crippen LogP contribution in [0.1, 0.15) is 41.1 Å². The minimum Gasteiger partial charge on any atom is -0.377 e. The molecule has 0 spiro atoms. The van der Waals surface area contributed by atoms with Crippen molar-refractivity contribution in [3.05, 3.63) is 66.0 Å².